The van der Waals surface area contributed by atoms with Crippen LogP contribution in [0.3, 0.4) is 0 Å². The highest BCUT2D eigenvalue weighted by atomic mass is 79.9. The fourth-order valence-electron chi connectivity index (χ4n) is 2.37. The van der Waals surface area contributed by atoms with Crippen LogP contribution < -0.4 is 5.32 Å². The lowest BCUT2D eigenvalue weighted by molar-refractivity contribution is 0.0735. The third kappa shape index (κ3) is 4.01. The van der Waals surface area contributed by atoms with Crippen LogP contribution in [0.1, 0.15) is 36.7 Å². The number of hydrogen-bond acceptors (Lipinski definition) is 3. The SMILES string of the molecule is CCN(CC1CCCCN1)C(=O)c1ccc(Br)cn1. The molecule has 2 heterocycles. The zero-order valence-corrected chi connectivity index (χ0v) is 12.8. The van der Waals surface area contributed by atoms with E-state index in [0.29, 0.717) is 11.7 Å². The number of piperidine rings is 1. The second kappa shape index (κ2) is 7.01. The number of rotatable bonds is 4. The summed E-state index contributed by atoms with van der Waals surface area (Å²) in [5.74, 6) is 0.0161. The van der Waals surface area contributed by atoms with Gasteiger partial charge in [-0.3, -0.25) is 4.79 Å². The predicted molar refractivity (Wildman–Crippen MR) is 79.2 cm³/mol. The van der Waals surface area contributed by atoms with Gasteiger partial charge in [-0.05, 0) is 54.4 Å². The molecule has 19 heavy (non-hydrogen) atoms. The first kappa shape index (κ1) is 14.5. The normalized spacial score (nSPS) is 19.2. The molecular formula is C14H20BrN3O. The van der Waals surface area contributed by atoms with E-state index >= 15 is 0 Å². The van der Waals surface area contributed by atoms with E-state index in [-0.39, 0.29) is 5.91 Å². The standard InChI is InChI=1S/C14H20BrN3O/c1-2-18(10-12-5-3-4-8-16-12)14(19)13-7-6-11(15)9-17-13/h6-7,9,12,16H,2-5,8,10H2,1H3. The van der Waals surface area contributed by atoms with E-state index in [0.717, 1.165) is 30.5 Å². The van der Waals surface area contributed by atoms with Crippen molar-refractivity contribution in [2.24, 2.45) is 0 Å². The number of nitrogens with one attached hydrogen (secondary N) is 1. The Morgan fingerprint density at radius 3 is 2.95 bits per heavy atom. The number of carbonyl (C=O) groups excluding carboxylic acids is 1. The molecule has 1 fully saturated rings. The van der Waals surface area contributed by atoms with Crippen molar-refractivity contribution >= 4 is 21.8 Å². The molecule has 1 atom stereocenters. The van der Waals surface area contributed by atoms with Gasteiger partial charge in [0.2, 0.25) is 0 Å². The maximum Gasteiger partial charge on any atom is 0.272 e. The summed E-state index contributed by atoms with van der Waals surface area (Å²) in [5, 5.41) is 3.48. The molecular weight excluding hydrogens is 306 g/mol. The van der Waals surface area contributed by atoms with Gasteiger partial charge in [0.1, 0.15) is 5.69 Å². The highest BCUT2D eigenvalue weighted by Gasteiger charge is 2.21. The second-order valence-electron chi connectivity index (χ2n) is 4.85. The van der Waals surface area contributed by atoms with E-state index in [1.54, 1.807) is 12.3 Å². The molecule has 1 unspecified atom stereocenters. The van der Waals surface area contributed by atoms with E-state index in [1.165, 1.54) is 12.8 Å². The Kier molecular flexibility index (Phi) is 5.34. The van der Waals surface area contributed by atoms with E-state index in [9.17, 15) is 4.79 Å². The summed E-state index contributed by atoms with van der Waals surface area (Å²) in [6, 6.07) is 4.05. The first-order valence-electron chi connectivity index (χ1n) is 6.85. The molecule has 0 spiro atoms. The summed E-state index contributed by atoms with van der Waals surface area (Å²) < 4.78 is 0.890. The van der Waals surface area contributed by atoms with Crippen LogP contribution >= 0.6 is 15.9 Å². The van der Waals surface area contributed by atoms with Gasteiger partial charge < -0.3 is 10.2 Å². The summed E-state index contributed by atoms with van der Waals surface area (Å²) >= 11 is 3.33. The summed E-state index contributed by atoms with van der Waals surface area (Å²) in [4.78, 5) is 18.4. The lowest BCUT2D eigenvalue weighted by Crippen LogP contribution is -2.45. The zero-order chi connectivity index (χ0) is 13.7. The van der Waals surface area contributed by atoms with Gasteiger partial charge in [0, 0.05) is 29.8 Å². The van der Waals surface area contributed by atoms with Crippen molar-refractivity contribution in [2.45, 2.75) is 32.2 Å². The Balaban J connectivity index is 1.99. The molecule has 1 aromatic rings. The third-order valence-corrected chi connectivity index (χ3v) is 3.94. The van der Waals surface area contributed by atoms with Gasteiger partial charge >= 0.3 is 0 Å². The Labute approximate surface area is 122 Å². The van der Waals surface area contributed by atoms with Crippen LogP contribution in [0.15, 0.2) is 22.8 Å². The molecule has 1 aliphatic heterocycles. The van der Waals surface area contributed by atoms with Gasteiger partial charge in [-0.2, -0.15) is 0 Å². The molecule has 5 heteroatoms. The highest BCUT2D eigenvalue weighted by molar-refractivity contribution is 9.10. The lowest BCUT2D eigenvalue weighted by atomic mass is 10.0. The number of pyridine rings is 1. The Morgan fingerprint density at radius 1 is 1.53 bits per heavy atom. The van der Waals surface area contributed by atoms with E-state index in [1.807, 2.05) is 17.9 Å². The molecule has 0 aliphatic carbocycles. The topological polar surface area (TPSA) is 45.2 Å². The summed E-state index contributed by atoms with van der Waals surface area (Å²) in [5.41, 5.74) is 0.515. The summed E-state index contributed by atoms with van der Waals surface area (Å²) in [7, 11) is 0. The van der Waals surface area contributed by atoms with Crippen molar-refractivity contribution in [3.63, 3.8) is 0 Å². The Hall–Kier alpha value is -0.940. The number of halogens is 1. The van der Waals surface area contributed by atoms with Crippen molar-refractivity contribution in [3.8, 4) is 0 Å². The van der Waals surface area contributed by atoms with Gasteiger partial charge in [-0.1, -0.05) is 6.42 Å². The number of likely N-dealkylation sites (N-methyl/N-ethyl adjacent to an activating group) is 1. The van der Waals surface area contributed by atoms with Gasteiger partial charge in [0.25, 0.3) is 5.91 Å². The summed E-state index contributed by atoms with van der Waals surface area (Å²) in [6.45, 7) is 4.56. The number of carbonyl (C=O) groups is 1. The third-order valence-electron chi connectivity index (χ3n) is 3.47. The van der Waals surface area contributed by atoms with Crippen LogP contribution in [0.25, 0.3) is 0 Å². The Morgan fingerprint density at radius 2 is 2.37 bits per heavy atom. The molecule has 2 rings (SSSR count). The van der Waals surface area contributed by atoms with Crippen LogP contribution in [-0.2, 0) is 0 Å². The minimum absolute atomic E-state index is 0.0161. The van der Waals surface area contributed by atoms with Crippen LogP contribution in [0.2, 0.25) is 0 Å². The quantitative estimate of drug-likeness (QED) is 0.924. The van der Waals surface area contributed by atoms with Crippen molar-refractivity contribution in [1.82, 2.24) is 15.2 Å². The molecule has 0 radical (unpaired) electrons. The van der Waals surface area contributed by atoms with Crippen molar-refractivity contribution < 1.29 is 4.79 Å². The molecule has 0 aromatic carbocycles. The van der Waals surface area contributed by atoms with Crippen LogP contribution in [-0.4, -0.2) is 41.5 Å². The van der Waals surface area contributed by atoms with E-state index in [4.69, 9.17) is 0 Å². The molecule has 1 N–H and O–H groups in total. The monoisotopic (exact) mass is 325 g/mol. The first-order chi connectivity index (χ1) is 9.20. The average molecular weight is 326 g/mol. The maximum absolute atomic E-state index is 12.4. The molecule has 1 aromatic heterocycles. The Bertz CT molecular complexity index is 415. The van der Waals surface area contributed by atoms with E-state index in [2.05, 4.69) is 26.2 Å². The predicted octanol–water partition coefficient (Wildman–Crippen LogP) is 2.45. The molecule has 0 saturated carbocycles. The number of nitrogens with zero attached hydrogens (tertiary/aromatic N) is 2. The number of hydrogen-bond donors (Lipinski definition) is 1. The molecule has 1 amide bonds. The highest BCUT2D eigenvalue weighted by Crippen LogP contribution is 2.12. The summed E-state index contributed by atoms with van der Waals surface area (Å²) in [6.07, 6.45) is 5.31. The average Bonchev–Trinajstić information content (AvgIpc) is 2.46. The van der Waals surface area contributed by atoms with Crippen LogP contribution in [0, 0.1) is 0 Å². The largest absolute Gasteiger partial charge is 0.336 e. The second-order valence-corrected chi connectivity index (χ2v) is 5.77. The molecule has 4 nitrogen and oxygen atoms in total. The lowest BCUT2D eigenvalue weighted by Gasteiger charge is -2.29. The van der Waals surface area contributed by atoms with Crippen LogP contribution in [0.5, 0.6) is 0 Å². The molecule has 0 bridgehead atoms. The molecule has 1 saturated heterocycles. The minimum atomic E-state index is 0.0161. The minimum Gasteiger partial charge on any atom is -0.336 e. The zero-order valence-electron chi connectivity index (χ0n) is 11.2. The van der Waals surface area contributed by atoms with Crippen molar-refractivity contribution in [3.05, 3.63) is 28.5 Å². The first-order valence-corrected chi connectivity index (χ1v) is 7.64. The van der Waals surface area contributed by atoms with E-state index < -0.39 is 0 Å². The van der Waals surface area contributed by atoms with Gasteiger partial charge in [-0.25, -0.2) is 4.98 Å². The molecule has 104 valence electrons. The van der Waals surface area contributed by atoms with Gasteiger partial charge in [-0.15, -0.1) is 0 Å². The maximum atomic E-state index is 12.4. The number of amides is 1. The fraction of sp³-hybridized carbons (Fsp3) is 0.571. The van der Waals surface area contributed by atoms with Gasteiger partial charge in [0.05, 0.1) is 0 Å². The smallest absolute Gasteiger partial charge is 0.272 e. The van der Waals surface area contributed by atoms with Gasteiger partial charge in [0.15, 0.2) is 0 Å². The fourth-order valence-corrected chi connectivity index (χ4v) is 2.60. The molecule has 1 aliphatic rings. The van der Waals surface area contributed by atoms with Crippen LogP contribution in [0.4, 0.5) is 0 Å². The number of aromatic nitrogens is 1. The van der Waals surface area contributed by atoms with Crippen molar-refractivity contribution in [2.75, 3.05) is 19.6 Å². The van der Waals surface area contributed by atoms with Crippen molar-refractivity contribution in [1.29, 1.82) is 0 Å².